The van der Waals surface area contributed by atoms with Crippen LogP contribution in [0.4, 0.5) is 16.2 Å². The van der Waals surface area contributed by atoms with Gasteiger partial charge in [-0.2, -0.15) is 0 Å². The van der Waals surface area contributed by atoms with Crippen LogP contribution in [0.2, 0.25) is 0 Å². The Morgan fingerprint density at radius 1 is 1.03 bits per heavy atom. The number of hydrogen-bond donors (Lipinski definition) is 2. The molecule has 2 N–H and O–H groups in total. The molecule has 6 rings (SSSR count). The minimum Gasteiger partial charge on any atom is -0.444 e. The van der Waals surface area contributed by atoms with Crippen LogP contribution in [0.15, 0.2) is 60.7 Å². The van der Waals surface area contributed by atoms with Crippen LogP contribution >= 0.6 is 12.4 Å². The predicted octanol–water partition coefficient (Wildman–Crippen LogP) is 5.04. The molecule has 1 aliphatic carbocycles. The van der Waals surface area contributed by atoms with Crippen molar-refractivity contribution in [3.63, 3.8) is 0 Å². The van der Waals surface area contributed by atoms with E-state index in [2.05, 4.69) is 10.2 Å². The highest BCUT2D eigenvalue weighted by Crippen LogP contribution is 2.46. The number of nitrogens with zero attached hydrogens (tertiary/aromatic N) is 2. The molecule has 3 aromatic rings. The average Bonchev–Trinajstić information content (AvgIpc) is 3.18. The number of carbonyl (C=O) groups excluding carboxylic acids is 2. The van der Waals surface area contributed by atoms with Gasteiger partial charge in [0.25, 0.3) is 0 Å². The first kappa shape index (κ1) is 25.3. The minimum atomic E-state index is -0.678. The summed E-state index contributed by atoms with van der Waals surface area (Å²) in [5, 5.41) is 13.8. The molecule has 0 saturated carbocycles. The lowest BCUT2D eigenvalue weighted by Gasteiger charge is -2.40. The molecule has 8 heteroatoms. The third-order valence-electron chi connectivity index (χ3n) is 7.59. The number of aliphatic hydroxyl groups excluding tert-OH is 1. The lowest BCUT2D eigenvalue weighted by Crippen LogP contribution is -2.50. The largest absolute Gasteiger partial charge is 0.444 e. The summed E-state index contributed by atoms with van der Waals surface area (Å²) in [6.07, 6.45) is 0.586. The minimum absolute atomic E-state index is 0. The van der Waals surface area contributed by atoms with Crippen LogP contribution in [0.1, 0.15) is 41.2 Å². The third kappa shape index (κ3) is 4.48. The molecule has 0 spiro atoms. The predicted molar refractivity (Wildman–Crippen MR) is 145 cm³/mol. The van der Waals surface area contributed by atoms with Crippen LogP contribution in [0.5, 0.6) is 0 Å². The van der Waals surface area contributed by atoms with Crippen molar-refractivity contribution >= 4 is 35.8 Å². The number of fused-ring (bicyclic) bond motifs is 4. The van der Waals surface area contributed by atoms with E-state index in [1.54, 1.807) is 0 Å². The molecule has 1 unspecified atom stereocenters. The molecule has 0 aromatic heterocycles. The second-order valence-corrected chi connectivity index (χ2v) is 9.82. The number of nitrogens with one attached hydrogen (secondary N) is 1. The maximum atomic E-state index is 13.0. The second kappa shape index (κ2) is 10.2. The van der Waals surface area contributed by atoms with Crippen molar-refractivity contribution in [2.45, 2.75) is 38.5 Å². The summed E-state index contributed by atoms with van der Waals surface area (Å²) in [4.78, 5) is 29.7. The Bertz CT molecular complexity index is 1350. The number of ether oxygens (including phenoxy) is 1. The van der Waals surface area contributed by atoms with Crippen LogP contribution < -0.4 is 10.2 Å². The van der Waals surface area contributed by atoms with Gasteiger partial charge in [-0.15, -0.1) is 12.4 Å². The van der Waals surface area contributed by atoms with Crippen molar-refractivity contribution < 1.29 is 19.4 Å². The number of carbonyl (C=O) groups is 2. The summed E-state index contributed by atoms with van der Waals surface area (Å²) in [5.41, 5.74) is 7.35. The second-order valence-electron chi connectivity index (χ2n) is 9.82. The Hall–Kier alpha value is -3.39. The van der Waals surface area contributed by atoms with Crippen molar-refractivity contribution in [1.29, 1.82) is 0 Å². The summed E-state index contributed by atoms with van der Waals surface area (Å²) in [6.45, 7) is 4.06. The molecule has 0 bridgehead atoms. The number of rotatable bonds is 4. The SMILES string of the molecule is Cc1cccc2c1N(C1CCN(CC(=O)Nc3cccc4c3-c3ccccc3C4O)CC1)C(=O)OC2.Cl. The highest BCUT2D eigenvalue weighted by Gasteiger charge is 2.35. The molecular weight excluding hydrogens is 490 g/mol. The molecule has 2 aliphatic heterocycles. The van der Waals surface area contributed by atoms with E-state index in [-0.39, 0.29) is 37.0 Å². The summed E-state index contributed by atoms with van der Waals surface area (Å²) in [6, 6.07) is 19.5. The number of benzene rings is 3. The Kier molecular flexibility index (Phi) is 6.94. The van der Waals surface area contributed by atoms with E-state index < -0.39 is 6.10 Å². The fourth-order valence-corrected chi connectivity index (χ4v) is 5.87. The van der Waals surface area contributed by atoms with Gasteiger partial charge >= 0.3 is 6.09 Å². The molecule has 37 heavy (non-hydrogen) atoms. The number of para-hydroxylation sites is 1. The fourth-order valence-electron chi connectivity index (χ4n) is 5.87. The number of cyclic esters (lactones) is 1. The summed E-state index contributed by atoms with van der Waals surface area (Å²) in [7, 11) is 0. The molecule has 7 nitrogen and oxygen atoms in total. The summed E-state index contributed by atoms with van der Waals surface area (Å²) < 4.78 is 5.44. The zero-order valence-electron chi connectivity index (χ0n) is 20.6. The van der Waals surface area contributed by atoms with Crippen molar-refractivity contribution in [2.24, 2.45) is 0 Å². The molecule has 1 fully saturated rings. The van der Waals surface area contributed by atoms with Crippen LogP contribution in [0.25, 0.3) is 11.1 Å². The highest BCUT2D eigenvalue weighted by molar-refractivity contribution is 5.99. The van der Waals surface area contributed by atoms with Crippen LogP contribution in [-0.2, 0) is 16.1 Å². The van der Waals surface area contributed by atoms with Crippen molar-refractivity contribution in [3.05, 3.63) is 82.9 Å². The van der Waals surface area contributed by atoms with Gasteiger partial charge in [0.2, 0.25) is 5.91 Å². The molecule has 2 amide bonds. The van der Waals surface area contributed by atoms with E-state index in [1.807, 2.05) is 72.5 Å². The fraction of sp³-hybridized carbons (Fsp3) is 0.310. The zero-order valence-corrected chi connectivity index (χ0v) is 21.5. The lowest BCUT2D eigenvalue weighted by molar-refractivity contribution is -0.117. The number of piperidine rings is 1. The molecule has 1 saturated heterocycles. The molecule has 0 radical (unpaired) electrons. The Morgan fingerprint density at radius 2 is 1.76 bits per heavy atom. The number of amides is 2. The number of aliphatic hydroxyl groups is 1. The van der Waals surface area contributed by atoms with E-state index in [1.165, 1.54) is 0 Å². The quantitative estimate of drug-likeness (QED) is 0.505. The van der Waals surface area contributed by atoms with E-state index in [0.29, 0.717) is 6.61 Å². The number of aryl methyl sites for hydroxylation is 1. The molecule has 3 aromatic carbocycles. The monoisotopic (exact) mass is 519 g/mol. The first-order chi connectivity index (χ1) is 17.5. The lowest BCUT2D eigenvalue weighted by atomic mass is 9.99. The molecule has 2 heterocycles. The smallest absolute Gasteiger partial charge is 0.414 e. The van der Waals surface area contributed by atoms with Crippen LogP contribution in [-0.4, -0.2) is 47.7 Å². The van der Waals surface area contributed by atoms with Crippen molar-refractivity contribution in [3.8, 4) is 11.1 Å². The summed E-state index contributed by atoms with van der Waals surface area (Å²) >= 11 is 0. The first-order valence-electron chi connectivity index (χ1n) is 12.5. The number of hydrogen-bond acceptors (Lipinski definition) is 5. The number of likely N-dealkylation sites (tertiary alicyclic amines) is 1. The molecule has 1 atom stereocenters. The Morgan fingerprint density at radius 3 is 2.57 bits per heavy atom. The maximum Gasteiger partial charge on any atom is 0.414 e. The van der Waals surface area contributed by atoms with Gasteiger partial charge in [0.15, 0.2) is 0 Å². The van der Waals surface area contributed by atoms with Gasteiger partial charge in [0.05, 0.1) is 12.2 Å². The van der Waals surface area contributed by atoms with Gasteiger partial charge in [-0.1, -0.05) is 54.6 Å². The van der Waals surface area contributed by atoms with Gasteiger partial charge < -0.3 is 15.2 Å². The van der Waals surface area contributed by atoms with Crippen LogP contribution in [0.3, 0.4) is 0 Å². The topological polar surface area (TPSA) is 82.1 Å². The standard InChI is InChI=1S/C29H29N3O4.ClH/c1-18-6-4-7-19-17-36-29(35)32(27(18)19)20-12-14-31(15-13-20)16-25(33)30-24-11-5-10-23-26(24)21-8-2-3-9-22(21)28(23)34;/h2-11,20,28,34H,12-17H2,1H3,(H,30,33);1H. The third-order valence-corrected chi connectivity index (χ3v) is 7.59. The molecular formula is C29H30ClN3O4. The van der Waals surface area contributed by atoms with Crippen LogP contribution in [0, 0.1) is 6.92 Å². The van der Waals surface area contributed by atoms with Crippen molar-refractivity contribution in [1.82, 2.24) is 4.90 Å². The normalized spacial score (nSPS) is 18.8. The summed E-state index contributed by atoms with van der Waals surface area (Å²) in [5.74, 6) is -0.0840. The number of anilines is 2. The van der Waals surface area contributed by atoms with E-state index in [4.69, 9.17) is 4.74 Å². The maximum absolute atomic E-state index is 13.0. The number of halogens is 1. The molecule has 192 valence electrons. The van der Waals surface area contributed by atoms with Gasteiger partial charge in [-0.3, -0.25) is 14.6 Å². The Labute approximate surface area is 222 Å². The first-order valence-corrected chi connectivity index (χ1v) is 12.5. The van der Waals surface area contributed by atoms with Gasteiger partial charge in [0, 0.05) is 35.9 Å². The average molecular weight is 520 g/mol. The van der Waals surface area contributed by atoms with Gasteiger partial charge in [0.1, 0.15) is 12.7 Å². The Balaban J connectivity index is 0.00000280. The van der Waals surface area contributed by atoms with E-state index in [0.717, 1.165) is 70.7 Å². The zero-order chi connectivity index (χ0) is 24.8. The van der Waals surface area contributed by atoms with Gasteiger partial charge in [-0.25, -0.2) is 4.79 Å². The highest BCUT2D eigenvalue weighted by atomic mass is 35.5. The van der Waals surface area contributed by atoms with Crippen molar-refractivity contribution in [2.75, 3.05) is 29.9 Å². The molecule has 3 aliphatic rings. The van der Waals surface area contributed by atoms with E-state index in [9.17, 15) is 14.7 Å². The van der Waals surface area contributed by atoms with E-state index >= 15 is 0 Å². The van der Waals surface area contributed by atoms with Gasteiger partial charge in [-0.05, 0) is 48.1 Å².